The van der Waals surface area contributed by atoms with Crippen LogP contribution in [0.4, 0.5) is 0 Å². The minimum absolute atomic E-state index is 0.0973. The van der Waals surface area contributed by atoms with E-state index in [2.05, 4.69) is 25.8 Å². The summed E-state index contributed by atoms with van der Waals surface area (Å²) in [6.07, 6.45) is 7.83. The maximum Gasteiger partial charge on any atom is 0.239 e. The molecule has 2 aliphatic rings. The first-order chi connectivity index (χ1) is 13.7. The highest BCUT2D eigenvalue weighted by Gasteiger charge is 2.38. The molecule has 1 aliphatic heterocycles. The Hall–Kier alpha value is -2.06. The number of amides is 1. The van der Waals surface area contributed by atoms with Gasteiger partial charge in [-0.3, -0.25) is 14.7 Å². The SMILES string of the molecule is CN=C(NCC(=O)NCc1ccco1)NCC1(N2CCOCC2)CCCCC1. The summed E-state index contributed by atoms with van der Waals surface area (Å²) in [6.45, 7) is 4.99. The summed E-state index contributed by atoms with van der Waals surface area (Å²) in [4.78, 5) is 18.9. The van der Waals surface area contributed by atoms with Crippen molar-refractivity contribution < 1.29 is 13.9 Å². The van der Waals surface area contributed by atoms with Crippen LogP contribution in [0.25, 0.3) is 0 Å². The highest BCUT2D eigenvalue weighted by atomic mass is 16.5. The molecule has 0 atom stereocenters. The molecule has 0 spiro atoms. The zero-order valence-corrected chi connectivity index (χ0v) is 16.8. The maximum absolute atomic E-state index is 12.1. The fourth-order valence-corrected chi connectivity index (χ4v) is 4.15. The van der Waals surface area contributed by atoms with Gasteiger partial charge in [0.15, 0.2) is 5.96 Å². The molecule has 3 rings (SSSR count). The second kappa shape index (κ2) is 10.5. The number of ether oxygens (including phenoxy) is 1. The fraction of sp³-hybridized carbons (Fsp3) is 0.700. The Morgan fingerprint density at radius 1 is 1.18 bits per heavy atom. The van der Waals surface area contributed by atoms with Crippen molar-refractivity contribution in [3.63, 3.8) is 0 Å². The third-order valence-corrected chi connectivity index (χ3v) is 5.73. The summed E-state index contributed by atoms with van der Waals surface area (Å²) in [7, 11) is 1.73. The van der Waals surface area contributed by atoms with Gasteiger partial charge in [-0.15, -0.1) is 0 Å². The van der Waals surface area contributed by atoms with Crippen LogP contribution >= 0.6 is 0 Å². The number of rotatable bonds is 7. The Balaban J connectivity index is 1.46. The highest BCUT2D eigenvalue weighted by Crippen LogP contribution is 2.33. The van der Waals surface area contributed by atoms with Crippen molar-refractivity contribution >= 4 is 11.9 Å². The second-order valence-electron chi connectivity index (χ2n) is 7.52. The lowest BCUT2D eigenvalue weighted by Crippen LogP contribution is -2.60. The van der Waals surface area contributed by atoms with Gasteiger partial charge in [0.05, 0.1) is 32.6 Å². The highest BCUT2D eigenvalue weighted by molar-refractivity contribution is 5.86. The average Bonchev–Trinajstić information content (AvgIpc) is 3.27. The Kier molecular flexibility index (Phi) is 7.73. The van der Waals surface area contributed by atoms with E-state index in [0.717, 1.165) is 38.6 Å². The lowest BCUT2D eigenvalue weighted by molar-refractivity contribution is -0.120. The predicted molar refractivity (Wildman–Crippen MR) is 108 cm³/mol. The van der Waals surface area contributed by atoms with Crippen molar-refractivity contribution in [2.24, 2.45) is 4.99 Å². The van der Waals surface area contributed by atoms with Gasteiger partial charge in [-0.2, -0.15) is 0 Å². The first kappa shape index (κ1) is 20.7. The predicted octanol–water partition coefficient (Wildman–Crippen LogP) is 1.10. The van der Waals surface area contributed by atoms with Gasteiger partial charge < -0.3 is 25.1 Å². The van der Waals surface area contributed by atoms with Gasteiger partial charge in [-0.05, 0) is 25.0 Å². The Morgan fingerprint density at radius 2 is 1.96 bits per heavy atom. The van der Waals surface area contributed by atoms with Gasteiger partial charge in [-0.1, -0.05) is 19.3 Å². The molecule has 1 amide bonds. The third kappa shape index (κ3) is 5.72. The van der Waals surface area contributed by atoms with Crippen LogP contribution in [0.3, 0.4) is 0 Å². The fourth-order valence-electron chi connectivity index (χ4n) is 4.15. The average molecular weight is 392 g/mol. The summed E-state index contributed by atoms with van der Waals surface area (Å²) in [5.41, 5.74) is 0.154. The van der Waals surface area contributed by atoms with Crippen molar-refractivity contribution in [1.29, 1.82) is 0 Å². The summed E-state index contributed by atoms with van der Waals surface area (Å²) in [5.74, 6) is 1.30. The zero-order valence-electron chi connectivity index (χ0n) is 16.8. The van der Waals surface area contributed by atoms with Crippen molar-refractivity contribution in [2.75, 3.05) is 46.4 Å². The van der Waals surface area contributed by atoms with Gasteiger partial charge in [-0.25, -0.2) is 0 Å². The number of carbonyl (C=O) groups excluding carboxylic acids is 1. The van der Waals surface area contributed by atoms with Crippen LogP contribution in [0.1, 0.15) is 37.9 Å². The van der Waals surface area contributed by atoms with Crippen molar-refractivity contribution in [2.45, 2.75) is 44.2 Å². The Morgan fingerprint density at radius 3 is 2.64 bits per heavy atom. The maximum atomic E-state index is 12.1. The van der Waals surface area contributed by atoms with Gasteiger partial charge in [0.25, 0.3) is 0 Å². The van der Waals surface area contributed by atoms with E-state index in [1.807, 2.05) is 6.07 Å². The van der Waals surface area contributed by atoms with Crippen LogP contribution in [-0.4, -0.2) is 68.7 Å². The Bertz CT molecular complexity index is 620. The van der Waals surface area contributed by atoms with Crippen LogP contribution in [-0.2, 0) is 16.1 Å². The van der Waals surface area contributed by atoms with E-state index in [1.54, 1.807) is 19.4 Å². The molecule has 8 nitrogen and oxygen atoms in total. The number of aliphatic imine (C=N–C) groups is 1. The van der Waals surface area contributed by atoms with Gasteiger partial charge in [0.1, 0.15) is 5.76 Å². The number of nitrogens with zero attached hydrogens (tertiary/aromatic N) is 2. The summed E-state index contributed by atoms with van der Waals surface area (Å²) in [5, 5.41) is 9.40. The molecule has 2 fully saturated rings. The minimum atomic E-state index is -0.0973. The van der Waals surface area contributed by atoms with E-state index >= 15 is 0 Å². The van der Waals surface area contributed by atoms with E-state index in [-0.39, 0.29) is 18.0 Å². The van der Waals surface area contributed by atoms with Gasteiger partial charge in [0, 0.05) is 32.2 Å². The first-order valence-electron chi connectivity index (χ1n) is 10.3. The molecule has 1 aromatic heterocycles. The molecule has 3 N–H and O–H groups in total. The molecular weight excluding hydrogens is 358 g/mol. The van der Waals surface area contributed by atoms with E-state index < -0.39 is 0 Å². The summed E-state index contributed by atoms with van der Waals surface area (Å²) in [6, 6.07) is 3.64. The molecule has 1 saturated heterocycles. The molecule has 1 aliphatic carbocycles. The third-order valence-electron chi connectivity index (χ3n) is 5.73. The molecule has 1 aromatic rings. The zero-order chi connectivity index (χ0) is 19.7. The molecule has 156 valence electrons. The molecule has 1 saturated carbocycles. The lowest BCUT2D eigenvalue weighted by atomic mass is 9.80. The molecule has 0 bridgehead atoms. The molecule has 8 heteroatoms. The number of furan rings is 1. The number of hydrogen-bond acceptors (Lipinski definition) is 5. The number of guanidine groups is 1. The molecule has 2 heterocycles. The second-order valence-corrected chi connectivity index (χ2v) is 7.52. The topological polar surface area (TPSA) is 91.1 Å². The van der Waals surface area contributed by atoms with E-state index in [0.29, 0.717) is 12.5 Å². The van der Waals surface area contributed by atoms with Crippen molar-refractivity contribution in [1.82, 2.24) is 20.9 Å². The lowest BCUT2D eigenvalue weighted by Gasteiger charge is -2.48. The minimum Gasteiger partial charge on any atom is -0.467 e. The molecule has 0 aromatic carbocycles. The first-order valence-corrected chi connectivity index (χ1v) is 10.3. The van der Waals surface area contributed by atoms with Crippen LogP contribution in [0, 0.1) is 0 Å². The van der Waals surface area contributed by atoms with Gasteiger partial charge in [0.2, 0.25) is 5.91 Å². The number of nitrogens with one attached hydrogen (secondary N) is 3. The molecule has 0 unspecified atom stereocenters. The standard InChI is InChI=1S/C20H33N5O3/c1-21-19(23-15-18(26)22-14-17-6-5-11-28-17)24-16-20(7-3-2-4-8-20)25-9-12-27-13-10-25/h5-6,11H,2-4,7-10,12-16H2,1H3,(H,22,26)(H2,21,23,24). The van der Waals surface area contributed by atoms with E-state index in [9.17, 15) is 4.79 Å². The number of hydrogen-bond donors (Lipinski definition) is 3. The van der Waals surface area contributed by atoms with Crippen LogP contribution in [0.2, 0.25) is 0 Å². The molecule has 0 radical (unpaired) electrons. The van der Waals surface area contributed by atoms with Crippen LogP contribution < -0.4 is 16.0 Å². The molecular formula is C20H33N5O3. The van der Waals surface area contributed by atoms with Gasteiger partial charge >= 0.3 is 0 Å². The van der Waals surface area contributed by atoms with Crippen LogP contribution in [0.15, 0.2) is 27.8 Å². The van der Waals surface area contributed by atoms with Crippen molar-refractivity contribution in [3.05, 3.63) is 24.2 Å². The van der Waals surface area contributed by atoms with Crippen LogP contribution in [0.5, 0.6) is 0 Å². The summed E-state index contributed by atoms with van der Waals surface area (Å²) < 4.78 is 10.8. The summed E-state index contributed by atoms with van der Waals surface area (Å²) >= 11 is 0. The monoisotopic (exact) mass is 391 g/mol. The van der Waals surface area contributed by atoms with Crippen molar-refractivity contribution in [3.8, 4) is 0 Å². The van der Waals surface area contributed by atoms with E-state index in [1.165, 1.54) is 32.1 Å². The quantitative estimate of drug-likeness (QED) is 0.476. The molecule has 28 heavy (non-hydrogen) atoms. The smallest absolute Gasteiger partial charge is 0.239 e. The number of carbonyl (C=O) groups is 1. The number of morpholine rings is 1. The van der Waals surface area contributed by atoms with E-state index in [4.69, 9.17) is 9.15 Å². The Labute approximate surface area is 167 Å². The normalized spacial score (nSPS) is 20.5. The largest absolute Gasteiger partial charge is 0.467 e.